The van der Waals surface area contributed by atoms with Crippen molar-refractivity contribution in [3.63, 3.8) is 0 Å². The number of amides is 3. The first-order chi connectivity index (χ1) is 14.5. The number of carboxylic acid groups (broad SMARTS) is 1. The number of unbranched alkanes of at least 4 members (excludes halogenated alkanes) is 2. The first-order valence-electron chi connectivity index (χ1n) is 10.8. The highest BCUT2D eigenvalue weighted by atomic mass is 16.4. The quantitative estimate of drug-likeness (QED) is 0.143. The Balaban J connectivity index is 5.38. The minimum Gasteiger partial charge on any atom is -0.480 e. The Labute approximate surface area is 184 Å². The van der Waals surface area contributed by atoms with Crippen LogP contribution in [0.4, 0.5) is 0 Å². The standard InChI is InChI=1S/C20H40N6O5/c1-12(2)16(20(30)31)26-19(29)15(9-5-7-11-22)25-18(28)14(8-4-6-10-21)24-17(27)13(3)23/h12-16H,4-11,21-23H2,1-3H3,(H,24,27)(H,25,28)(H,26,29)(H,30,31). The van der Waals surface area contributed by atoms with Crippen molar-refractivity contribution in [1.82, 2.24) is 16.0 Å². The molecule has 3 amide bonds. The van der Waals surface area contributed by atoms with E-state index in [1.54, 1.807) is 13.8 Å². The summed E-state index contributed by atoms with van der Waals surface area (Å²) in [5.41, 5.74) is 16.6. The fraction of sp³-hybridized carbons (Fsp3) is 0.800. The van der Waals surface area contributed by atoms with E-state index in [-0.39, 0.29) is 12.3 Å². The lowest BCUT2D eigenvalue weighted by atomic mass is 10.0. The summed E-state index contributed by atoms with van der Waals surface area (Å²) in [7, 11) is 0. The number of hydrogen-bond acceptors (Lipinski definition) is 7. The van der Waals surface area contributed by atoms with Crippen molar-refractivity contribution >= 4 is 23.7 Å². The van der Waals surface area contributed by atoms with Crippen LogP contribution in [0, 0.1) is 5.92 Å². The van der Waals surface area contributed by atoms with Crippen molar-refractivity contribution in [3.8, 4) is 0 Å². The minimum absolute atomic E-state index is 0.288. The molecule has 0 spiro atoms. The molecule has 0 saturated heterocycles. The van der Waals surface area contributed by atoms with Crippen molar-refractivity contribution in [2.75, 3.05) is 13.1 Å². The van der Waals surface area contributed by atoms with Crippen LogP contribution in [0.15, 0.2) is 0 Å². The molecule has 4 unspecified atom stereocenters. The Morgan fingerprint density at radius 1 is 0.742 bits per heavy atom. The third-order valence-corrected chi connectivity index (χ3v) is 4.80. The fourth-order valence-electron chi connectivity index (χ4n) is 2.87. The maximum absolute atomic E-state index is 12.9. The normalized spacial score (nSPS) is 14.9. The van der Waals surface area contributed by atoms with Gasteiger partial charge in [-0.05, 0) is 64.5 Å². The Morgan fingerprint density at radius 3 is 1.52 bits per heavy atom. The lowest BCUT2D eigenvalue weighted by Crippen LogP contribution is -2.57. The zero-order chi connectivity index (χ0) is 24.0. The van der Waals surface area contributed by atoms with Gasteiger partial charge >= 0.3 is 5.97 Å². The maximum atomic E-state index is 12.9. The number of carbonyl (C=O) groups is 4. The summed E-state index contributed by atoms with van der Waals surface area (Å²) in [5, 5.41) is 17.1. The molecule has 0 bridgehead atoms. The van der Waals surface area contributed by atoms with Gasteiger partial charge in [0.25, 0.3) is 0 Å². The number of rotatable bonds is 16. The van der Waals surface area contributed by atoms with E-state index in [1.165, 1.54) is 6.92 Å². The van der Waals surface area contributed by atoms with E-state index in [2.05, 4.69) is 16.0 Å². The molecule has 11 nitrogen and oxygen atoms in total. The molecule has 10 N–H and O–H groups in total. The fourth-order valence-corrected chi connectivity index (χ4v) is 2.87. The van der Waals surface area contributed by atoms with Gasteiger partial charge in [0.15, 0.2) is 0 Å². The second kappa shape index (κ2) is 15.5. The number of nitrogens with two attached hydrogens (primary N) is 3. The summed E-state index contributed by atoms with van der Waals surface area (Å²) in [6, 6.07) is -3.71. The monoisotopic (exact) mass is 444 g/mol. The van der Waals surface area contributed by atoms with Gasteiger partial charge in [0.1, 0.15) is 18.1 Å². The van der Waals surface area contributed by atoms with Gasteiger partial charge in [0.05, 0.1) is 6.04 Å². The van der Waals surface area contributed by atoms with Crippen molar-refractivity contribution < 1.29 is 24.3 Å². The Hall–Kier alpha value is -2.24. The second-order valence-corrected chi connectivity index (χ2v) is 8.05. The van der Waals surface area contributed by atoms with E-state index < -0.39 is 47.9 Å². The summed E-state index contributed by atoms with van der Waals surface area (Å²) in [6.07, 6.45) is 3.11. The van der Waals surface area contributed by atoms with Crippen LogP contribution in [-0.2, 0) is 19.2 Å². The van der Waals surface area contributed by atoms with Gasteiger partial charge in [0, 0.05) is 0 Å². The number of carboxylic acids is 1. The van der Waals surface area contributed by atoms with Gasteiger partial charge < -0.3 is 38.3 Å². The number of hydrogen-bond donors (Lipinski definition) is 7. The summed E-state index contributed by atoms with van der Waals surface area (Å²) < 4.78 is 0. The van der Waals surface area contributed by atoms with Gasteiger partial charge in [-0.2, -0.15) is 0 Å². The zero-order valence-electron chi connectivity index (χ0n) is 18.9. The van der Waals surface area contributed by atoms with Crippen LogP contribution < -0.4 is 33.2 Å². The third-order valence-electron chi connectivity index (χ3n) is 4.80. The molecular formula is C20H40N6O5. The predicted molar refractivity (Wildman–Crippen MR) is 118 cm³/mol. The molecule has 0 radical (unpaired) electrons. The van der Waals surface area contributed by atoms with Gasteiger partial charge in [-0.25, -0.2) is 4.79 Å². The minimum atomic E-state index is -1.15. The molecule has 0 aliphatic rings. The van der Waals surface area contributed by atoms with Gasteiger partial charge in [0.2, 0.25) is 17.7 Å². The number of carbonyl (C=O) groups excluding carboxylic acids is 3. The molecular weight excluding hydrogens is 404 g/mol. The van der Waals surface area contributed by atoms with E-state index in [0.717, 1.165) is 0 Å². The van der Waals surface area contributed by atoms with Gasteiger partial charge in [-0.3, -0.25) is 14.4 Å². The molecule has 31 heavy (non-hydrogen) atoms. The maximum Gasteiger partial charge on any atom is 0.326 e. The molecule has 0 saturated carbocycles. The van der Waals surface area contributed by atoms with E-state index in [1.807, 2.05) is 0 Å². The van der Waals surface area contributed by atoms with Crippen LogP contribution in [0.3, 0.4) is 0 Å². The highest BCUT2D eigenvalue weighted by Gasteiger charge is 2.30. The Bertz CT molecular complexity index is 584. The molecule has 0 aromatic heterocycles. The van der Waals surface area contributed by atoms with Gasteiger partial charge in [-0.1, -0.05) is 13.8 Å². The van der Waals surface area contributed by atoms with Crippen molar-refractivity contribution in [2.45, 2.75) is 83.5 Å². The SMILES string of the molecule is CC(N)C(=O)NC(CCCCN)C(=O)NC(CCCCN)C(=O)NC(C(=O)O)C(C)C. The molecule has 0 fully saturated rings. The van der Waals surface area contributed by atoms with Crippen LogP contribution in [0.1, 0.15) is 59.3 Å². The van der Waals surface area contributed by atoms with E-state index in [4.69, 9.17) is 17.2 Å². The van der Waals surface area contributed by atoms with Crippen molar-refractivity contribution in [2.24, 2.45) is 23.1 Å². The summed E-state index contributed by atoms with van der Waals surface area (Å²) in [5.74, 6) is -3.10. The Morgan fingerprint density at radius 2 is 1.16 bits per heavy atom. The van der Waals surface area contributed by atoms with Crippen LogP contribution in [0.5, 0.6) is 0 Å². The highest BCUT2D eigenvalue weighted by molar-refractivity contribution is 5.94. The molecule has 11 heteroatoms. The van der Waals surface area contributed by atoms with Gasteiger partial charge in [-0.15, -0.1) is 0 Å². The lowest BCUT2D eigenvalue weighted by molar-refractivity contribution is -0.143. The Kier molecular flexibility index (Phi) is 14.4. The molecule has 180 valence electrons. The van der Waals surface area contributed by atoms with E-state index >= 15 is 0 Å². The molecule has 0 aromatic carbocycles. The molecule has 0 aromatic rings. The predicted octanol–water partition coefficient (Wildman–Crippen LogP) is -1.21. The average Bonchev–Trinajstić information content (AvgIpc) is 2.69. The number of nitrogens with one attached hydrogen (secondary N) is 3. The summed E-state index contributed by atoms with van der Waals surface area (Å²) in [4.78, 5) is 49.1. The molecule has 0 heterocycles. The lowest BCUT2D eigenvalue weighted by Gasteiger charge is -2.26. The van der Waals surface area contributed by atoms with Crippen molar-refractivity contribution in [1.29, 1.82) is 0 Å². The van der Waals surface area contributed by atoms with Crippen LogP contribution in [0.2, 0.25) is 0 Å². The van der Waals surface area contributed by atoms with Crippen molar-refractivity contribution in [3.05, 3.63) is 0 Å². The first kappa shape index (κ1) is 28.8. The summed E-state index contributed by atoms with van der Waals surface area (Å²) >= 11 is 0. The molecule has 0 rings (SSSR count). The van der Waals surface area contributed by atoms with E-state index in [9.17, 15) is 24.3 Å². The van der Waals surface area contributed by atoms with E-state index in [0.29, 0.717) is 45.2 Å². The topological polar surface area (TPSA) is 203 Å². The molecule has 4 atom stereocenters. The number of aliphatic carboxylic acids is 1. The van der Waals surface area contributed by atoms with Crippen LogP contribution in [-0.4, -0.2) is 66.1 Å². The average molecular weight is 445 g/mol. The largest absolute Gasteiger partial charge is 0.480 e. The smallest absolute Gasteiger partial charge is 0.326 e. The van der Waals surface area contributed by atoms with Crippen LogP contribution in [0.25, 0.3) is 0 Å². The highest BCUT2D eigenvalue weighted by Crippen LogP contribution is 2.08. The second-order valence-electron chi connectivity index (χ2n) is 8.05. The summed E-state index contributed by atoms with van der Waals surface area (Å²) in [6.45, 7) is 5.74. The zero-order valence-corrected chi connectivity index (χ0v) is 18.9. The third kappa shape index (κ3) is 11.7. The van der Waals surface area contributed by atoms with Crippen LogP contribution >= 0.6 is 0 Å². The molecule has 0 aliphatic carbocycles. The first-order valence-corrected chi connectivity index (χ1v) is 10.8. The molecule has 0 aliphatic heterocycles.